The van der Waals surface area contributed by atoms with Crippen molar-refractivity contribution in [3.63, 3.8) is 0 Å². The Balaban J connectivity index is 2.29. The fourth-order valence-corrected chi connectivity index (χ4v) is 2.63. The lowest BCUT2D eigenvalue weighted by Crippen LogP contribution is -2.06. The van der Waals surface area contributed by atoms with Gasteiger partial charge in [0.2, 0.25) is 5.16 Å². The van der Waals surface area contributed by atoms with Gasteiger partial charge in [-0.25, -0.2) is 9.78 Å². The lowest BCUT2D eigenvalue weighted by molar-refractivity contribution is -0.131. The average Bonchev–Trinajstić information content (AvgIpc) is 2.92. The molecule has 0 fully saturated rings. The number of aryl methyl sites for hydroxylation is 1. The highest BCUT2D eigenvalue weighted by Gasteiger charge is 2.14. The van der Waals surface area contributed by atoms with E-state index in [0.717, 1.165) is 11.8 Å². The van der Waals surface area contributed by atoms with Crippen LogP contribution < -0.4 is 9.47 Å². The van der Waals surface area contributed by atoms with Crippen LogP contribution in [0.5, 0.6) is 11.5 Å². The van der Waals surface area contributed by atoms with E-state index in [1.165, 1.54) is 0 Å². The first-order chi connectivity index (χ1) is 11.4. The van der Waals surface area contributed by atoms with Crippen LogP contribution in [0.3, 0.4) is 0 Å². The molecule has 0 aliphatic rings. The number of hydrogen-bond acceptors (Lipinski definition) is 6. The van der Waals surface area contributed by atoms with Crippen LogP contribution in [-0.4, -0.2) is 39.5 Å². The minimum Gasteiger partial charge on any atom is -0.493 e. The van der Waals surface area contributed by atoms with Gasteiger partial charge in [0.05, 0.1) is 13.2 Å². The highest BCUT2D eigenvalue weighted by Crippen LogP contribution is 2.31. The predicted molar refractivity (Wildman–Crippen MR) is 91.3 cm³/mol. The number of thioether (sulfide) groups is 1. The number of rotatable bonds is 7. The number of nitrogens with one attached hydrogen (secondary N) is 1. The Morgan fingerprint density at radius 2 is 2.12 bits per heavy atom. The third kappa shape index (κ3) is 4.76. The number of aliphatic carboxylic acids is 1. The number of ether oxygens (including phenoxy) is 2. The molecule has 0 amide bonds. The van der Waals surface area contributed by atoms with E-state index < -0.39 is 5.97 Å². The summed E-state index contributed by atoms with van der Waals surface area (Å²) in [7, 11) is 1.54. The number of H-pyrrole nitrogens is 1. The Morgan fingerprint density at radius 3 is 2.67 bits per heavy atom. The number of benzene rings is 1. The van der Waals surface area contributed by atoms with Crippen LogP contribution in [0.4, 0.5) is 0 Å². The molecule has 0 aliphatic heterocycles. The largest absolute Gasteiger partial charge is 0.493 e. The van der Waals surface area contributed by atoms with E-state index in [1.54, 1.807) is 38.3 Å². The summed E-state index contributed by atoms with van der Waals surface area (Å²) in [6, 6.07) is 5.25. The molecule has 7 nitrogen and oxygen atoms in total. The summed E-state index contributed by atoms with van der Waals surface area (Å²) >= 11 is 0.977. The lowest BCUT2D eigenvalue weighted by atomic mass is 10.2. The quantitative estimate of drug-likeness (QED) is 0.585. The fourth-order valence-electron chi connectivity index (χ4n) is 1.88. The van der Waals surface area contributed by atoms with Crippen LogP contribution in [0.15, 0.2) is 28.3 Å². The predicted octanol–water partition coefficient (Wildman–Crippen LogP) is 3.13. The molecule has 2 aromatic rings. The van der Waals surface area contributed by atoms with Gasteiger partial charge in [-0.3, -0.25) is 5.10 Å². The Morgan fingerprint density at radius 1 is 1.38 bits per heavy atom. The summed E-state index contributed by atoms with van der Waals surface area (Å²) in [5.74, 6) is 0.725. The monoisotopic (exact) mass is 349 g/mol. The molecule has 1 aromatic carbocycles. The van der Waals surface area contributed by atoms with Crippen molar-refractivity contribution < 1.29 is 19.4 Å². The van der Waals surface area contributed by atoms with Gasteiger partial charge in [0, 0.05) is 0 Å². The molecular formula is C16H19N3O4S. The van der Waals surface area contributed by atoms with Gasteiger partial charge < -0.3 is 14.6 Å². The standard InChI is InChI=1S/C16H19N3O4S/c1-9(2)23-12-6-5-11(7-13(12)22-4)8-14(15(20)21)24-16-17-10(3)18-19-16/h5-9H,1-4H3,(H,20,21)(H,17,18,19)/b14-8+. The normalized spacial score (nSPS) is 11.6. The molecule has 0 saturated carbocycles. The minimum absolute atomic E-state index is 0.0133. The second kappa shape index (κ2) is 7.87. The summed E-state index contributed by atoms with van der Waals surface area (Å²) in [6.45, 7) is 5.59. The Hall–Kier alpha value is -2.48. The first kappa shape index (κ1) is 17.9. The molecule has 1 aromatic heterocycles. The van der Waals surface area contributed by atoms with Crippen molar-refractivity contribution in [3.8, 4) is 11.5 Å². The van der Waals surface area contributed by atoms with E-state index in [1.807, 2.05) is 13.8 Å². The average molecular weight is 349 g/mol. The molecule has 0 bridgehead atoms. The van der Waals surface area contributed by atoms with E-state index in [4.69, 9.17) is 9.47 Å². The Labute approximate surface area is 144 Å². The first-order valence-electron chi connectivity index (χ1n) is 7.25. The highest BCUT2D eigenvalue weighted by atomic mass is 32.2. The van der Waals surface area contributed by atoms with E-state index in [0.29, 0.717) is 28.0 Å². The van der Waals surface area contributed by atoms with Gasteiger partial charge in [0.1, 0.15) is 10.7 Å². The number of carbonyl (C=O) groups is 1. The van der Waals surface area contributed by atoms with Crippen molar-refractivity contribution >= 4 is 23.8 Å². The lowest BCUT2D eigenvalue weighted by Gasteiger charge is -2.14. The van der Waals surface area contributed by atoms with Crippen molar-refractivity contribution in [2.24, 2.45) is 0 Å². The summed E-state index contributed by atoms with van der Waals surface area (Å²) in [5.41, 5.74) is 0.681. The maximum Gasteiger partial charge on any atom is 0.342 e. The van der Waals surface area contributed by atoms with Crippen LogP contribution in [0.1, 0.15) is 25.2 Å². The third-order valence-electron chi connectivity index (χ3n) is 2.84. The van der Waals surface area contributed by atoms with Crippen molar-refractivity contribution in [1.29, 1.82) is 0 Å². The molecule has 0 saturated heterocycles. The van der Waals surface area contributed by atoms with Crippen molar-refractivity contribution in [2.75, 3.05) is 7.11 Å². The van der Waals surface area contributed by atoms with Crippen molar-refractivity contribution in [1.82, 2.24) is 15.2 Å². The molecule has 0 spiro atoms. The number of methoxy groups -OCH3 is 1. The molecule has 1 heterocycles. The maximum absolute atomic E-state index is 11.5. The molecule has 0 aliphatic carbocycles. The number of aromatic nitrogens is 3. The zero-order chi connectivity index (χ0) is 17.7. The fraction of sp³-hybridized carbons (Fsp3) is 0.312. The number of hydrogen-bond donors (Lipinski definition) is 2. The number of carboxylic acid groups (broad SMARTS) is 1. The SMILES string of the molecule is COc1cc(/C=C(/Sc2n[nH]c(C)n2)C(=O)O)ccc1OC(C)C. The number of carboxylic acids is 1. The maximum atomic E-state index is 11.5. The molecule has 128 valence electrons. The van der Waals surface area contributed by atoms with Crippen molar-refractivity contribution in [2.45, 2.75) is 32.0 Å². The van der Waals surface area contributed by atoms with E-state index in [2.05, 4.69) is 15.2 Å². The van der Waals surface area contributed by atoms with E-state index in [-0.39, 0.29) is 11.0 Å². The number of aromatic amines is 1. The van der Waals surface area contributed by atoms with Crippen LogP contribution in [0, 0.1) is 6.92 Å². The zero-order valence-electron chi connectivity index (χ0n) is 13.9. The molecule has 0 atom stereocenters. The second-order valence-corrected chi connectivity index (χ2v) is 6.21. The van der Waals surface area contributed by atoms with Gasteiger partial charge in [-0.05, 0) is 56.3 Å². The first-order valence-corrected chi connectivity index (χ1v) is 8.07. The van der Waals surface area contributed by atoms with Gasteiger partial charge >= 0.3 is 5.97 Å². The van der Waals surface area contributed by atoms with Gasteiger partial charge in [0.25, 0.3) is 0 Å². The van der Waals surface area contributed by atoms with Gasteiger partial charge in [0.15, 0.2) is 11.5 Å². The number of nitrogens with zero attached hydrogens (tertiary/aromatic N) is 2. The molecule has 8 heteroatoms. The summed E-state index contributed by atoms with van der Waals surface area (Å²) in [5, 5.41) is 16.4. The van der Waals surface area contributed by atoms with E-state index in [9.17, 15) is 9.90 Å². The summed E-state index contributed by atoms with van der Waals surface area (Å²) in [4.78, 5) is 15.7. The van der Waals surface area contributed by atoms with Gasteiger partial charge in [-0.1, -0.05) is 6.07 Å². The minimum atomic E-state index is -1.05. The van der Waals surface area contributed by atoms with Crippen LogP contribution in [0.25, 0.3) is 6.08 Å². The molecule has 0 radical (unpaired) electrons. The van der Waals surface area contributed by atoms with Crippen LogP contribution in [0.2, 0.25) is 0 Å². The zero-order valence-corrected chi connectivity index (χ0v) is 14.7. The molecule has 2 rings (SSSR count). The van der Waals surface area contributed by atoms with Gasteiger partial charge in [-0.15, -0.1) is 5.10 Å². The van der Waals surface area contributed by atoms with E-state index >= 15 is 0 Å². The van der Waals surface area contributed by atoms with Crippen LogP contribution in [-0.2, 0) is 4.79 Å². The molecule has 24 heavy (non-hydrogen) atoms. The summed E-state index contributed by atoms with van der Waals surface area (Å²) < 4.78 is 11.0. The topological polar surface area (TPSA) is 97.3 Å². The molecular weight excluding hydrogens is 330 g/mol. The third-order valence-corrected chi connectivity index (χ3v) is 3.71. The Kier molecular flexibility index (Phi) is 5.86. The van der Waals surface area contributed by atoms with Gasteiger partial charge in [-0.2, -0.15) is 0 Å². The Bertz CT molecular complexity index is 756. The van der Waals surface area contributed by atoms with Crippen molar-refractivity contribution in [3.05, 3.63) is 34.5 Å². The highest BCUT2D eigenvalue weighted by molar-refractivity contribution is 8.04. The smallest absolute Gasteiger partial charge is 0.342 e. The summed E-state index contributed by atoms with van der Waals surface area (Å²) in [6.07, 6.45) is 1.56. The molecule has 2 N–H and O–H groups in total. The molecule has 0 unspecified atom stereocenters. The van der Waals surface area contributed by atoms with Crippen LogP contribution >= 0.6 is 11.8 Å². The second-order valence-electron chi connectivity index (χ2n) is 5.20.